The van der Waals surface area contributed by atoms with Crippen molar-refractivity contribution in [3.63, 3.8) is 0 Å². The zero-order valence-electron chi connectivity index (χ0n) is 11.5. The maximum absolute atomic E-state index is 10.2. The Labute approximate surface area is 106 Å². The van der Waals surface area contributed by atoms with Crippen LogP contribution < -0.4 is 0 Å². The lowest BCUT2D eigenvalue weighted by Gasteiger charge is -2.35. The molecule has 1 saturated carbocycles. The summed E-state index contributed by atoms with van der Waals surface area (Å²) in [6.45, 7) is 7.73. The molecule has 17 heavy (non-hydrogen) atoms. The molecular weight excluding hydrogens is 214 g/mol. The first-order valence-electron chi connectivity index (χ1n) is 7.29. The van der Waals surface area contributed by atoms with E-state index in [-0.39, 0.29) is 6.10 Å². The van der Waals surface area contributed by atoms with E-state index in [1.807, 2.05) is 6.92 Å². The number of ether oxygens (including phenoxy) is 1. The summed E-state index contributed by atoms with van der Waals surface area (Å²) >= 11 is 0. The van der Waals surface area contributed by atoms with Gasteiger partial charge in [0, 0.05) is 19.2 Å². The third kappa shape index (κ3) is 5.36. The molecule has 2 unspecified atom stereocenters. The standard InChI is InChI=1S/C14H29NO2/c1-3-15(11-12-17-4-2)13-9-7-5-6-8-10-14(13)16/h13-14,16H,3-12H2,1-2H3. The molecule has 1 fully saturated rings. The van der Waals surface area contributed by atoms with Gasteiger partial charge in [0.15, 0.2) is 0 Å². The van der Waals surface area contributed by atoms with Crippen LogP contribution in [0.3, 0.4) is 0 Å². The third-order valence-corrected chi connectivity index (χ3v) is 3.80. The molecule has 1 rings (SSSR count). The first kappa shape index (κ1) is 14.9. The topological polar surface area (TPSA) is 32.7 Å². The first-order chi connectivity index (χ1) is 8.29. The van der Waals surface area contributed by atoms with Crippen molar-refractivity contribution in [3.8, 4) is 0 Å². The van der Waals surface area contributed by atoms with E-state index in [0.29, 0.717) is 6.04 Å². The number of rotatable bonds is 6. The van der Waals surface area contributed by atoms with Crippen LogP contribution in [0.15, 0.2) is 0 Å². The number of hydrogen-bond acceptors (Lipinski definition) is 3. The van der Waals surface area contributed by atoms with Crippen molar-refractivity contribution in [2.75, 3.05) is 26.3 Å². The summed E-state index contributed by atoms with van der Waals surface area (Å²) in [7, 11) is 0. The monoisotopic (exact) mass is 243 g/mol. The van der Waals surface area contributed by atoms with Crippen LogP contribution in [0.4, 0.5) is 0 Å². The van der Waals surface area contributed by atoms with Crippen molar-refractivity contribution in [1.29, 1.82) is 0 Å². The van der Waals surface area contributed by atoms with Crippen LogP contribution in [-0.2, 0) is 4.74 Å². The Bertz CT molecular complexity index is 187. The maximum atomic E-state index is 10.2. The van der Waals surface area contributed by atoms with E-state index in [0.717, 1.165) is 39.1 Å². The van der Waals surface area contributed by atoms with E-state index >= 15 is 0 Å². The summed E-state index contributed by atoms with van der Waals surface area (Å²) in [6, 6.07) is 0.348. The van der Waals surface area contributed by atoms with Gasteiger partial charge in [0.05, 0.1) is 12.7 Å². The molecule has 3 heteroatoms. The van der Waals surface area contributed by atoms with Gasteiger partial charge in [0.25, 0.3) is 0 Å². The van der Waals surface area contributed by atoms with E-state index in [9.17, 15) is 5.11 Å². The largest absolute Gasteiger partial charge is 0.391 e. The lowest BCUT2D eigenvalue weighted by molar-refractivity contribution is 0.0173. The second kappa shape index (κ2) is 8.90. The van der Waals surface area contributed by atoms with Crippen LogP contribution in [0.25, 0.3) is 0 Å². The van der Waals surface area contributed by atoms with Crippen LogP contribution in [0.5, 0.6) is 0 Å². The third-order valence-electron chi connectivity index (χ3n) is 3.80. The molecule has 0 aromatic rings. The molecule has 0 aromatic heterocycles. The molecule has 1 N–H and O–H groups in total. The Kier molecular flexibility index (Phi) is 7.82. The minimum atomic E-state index is -0.142. The molecule has 2 atom stereocenters. The average Bonchev–Trinajstić information content (AvgIpc) is 2.32. The van der Waals surface area contributed by atoms with Gasteiger partial charge in [-0.25, -0.2) is 0 Å². The number of aliphatic hydroxyl groups excluding tert-OH is 1. The minimum Gasteiger partial charge on any atom is -0.391 e. The molecule has 102 valence electrons. The number of likely N-dealkylation sites (N-methyl/N-ethyl adjacent to an activating group) is 1. The van der Waals surface area contributed by atoms with E-state index in [1.54, 1.807) is 0 Å². The lowest BCUT2D eigenvalue weighted by atomic mass is 9.93. The number of aliphatic hydroxyl groups is 1. The van der Waals surface area contributed by atoms with Gasteiger partial charge in [0.2, 0.25) is 0 Å². The SMILES string of the molecule is CCOCCN(CC)C1CCCCCCC1O. The van der Waals surface area contributed by atoms with E-state index < -0.39 is 0 Å². The molecular formula is C14H29NO2. The van der Waals surface area contributed by atoms with Gasteiger partial charge < -0.3 is 9.84 Å². The quantitative estimate of drug-likeness (QED) is 0.727. The molecule has 0 saturated heterocycles. The number of hydrogen-bond donors (Lipinski definition) is 1. The highest BCUT2D eigenvalue weighted by atomic mass is 16.5. The molecule has 0 spiro atoms. The van der Waals surface area contributed by atoms with Crippen molar-refractivity contribution in [2.45, 2.75) is 64.5 Å². The van der Waals surface area contributed by atoms with E-state index in [2.05, 4.69) is 11.8 Å². The normalized spacial score (nSPS) is 26.8. The van der Waals surface area contributed by atoms with Gasteiger partial charge in [-0.1, -0.05) is 32.6 Å². The van der Waals surface area contributed by atoms with Crippen molar-refractivity contribution < 1.29 is 9.84 Å². The fraction of sp³-hybridized carbons (Fsp3) is 1.00. The zero-order valence-corrected chi connectivity index (χ0v) is 11.5. The summed E-state index contributed by atoms with van der Waals surface area (Å²) in [6.07, 6.45) is 7.02. The second-order valence-electron chi connectivity index (χ2n) is 4.95. The smallest absolute Gasteiger partial charge is 0.0695 e. The van der Waals surface area contributed by atoms with Crippen LogP contribution in [0.1, 0.15) is 52.4 Å². The average molecular weight is 243 g/mol. The van der Waals surface area contributed by atoms with Gasteiger partial charge in [-0.15, -0.1) is 0 Å². The van der Waals surface area contributed by atoms with E-state index in [4.69, 9.17) is 4.74 Å². The van der Waals surface area contributed by atoms with Crippen molar-refractivity contribution in [3.05, 3.63) is 0 Å². The molecule has 1 aliphatic rings. The Morgan fingerprint density at radius 1 is 1.12 bits per heavy atom. The predicted molar refractivity (Wildman–Crippen MR) is 71.2 cm³/mol. The molecule has 1 aliphatic carbocycles. The van der Waals surface area contributed by atoms with Crippen LogP contribution >= 0.6 is 0 Å². The predicted octanol–water partition coefficient (Wildman–Crippen LogP) is 2.43. The Morgan fingerprint density at radius 2 is 1.82 bits per heavy atom. The molecule has 0 bridgehead atoms. The Hall–Kier alpha value is -0.120. The zero-order chi connectivity index (χ0) is 12.5. The first-order valence-corrected chi connectivity index (χ1v) is 7.29. The van der Waals surface area contributed by atoms with Crippen LogP contribution in [0.2, 0.25) is 0 Å². The van der Waals surface area contributed by atoms with Crippen molar-refractivity contribution >= 4 is 0 Å². The van der Waals surface area contributed by atoms with Gasteiger partial charge in [-0.05, 0) is 26.3 Å². The molecule has 0 heterocycles. The van der Waals surface area contributed by atoms with Gasteiger partial charge in [-0.3, -0.25) is 4.90 Å². The summed E-state index contributed by atoms with van der Waals surface area (Å²) in [5.41, 5.74) is 0. The highest BCUT2D eigenvalue weighted by Gasteiger charge is 2.25. The summed E-state index contributed by atoms with van der Waals surface area (Å²) < 4.78 is 5.42. The fourth-order valence-electron chi connectivity index (χ4n) is 2.76. The van der Waals surface area contributed by atoms with Crippen molar-refractivity contribution in [2.24, 2.45) is 0 Å². The molecule has 0 aliphatic heterocycles. The van der Waals surface area contributed by atoms with Gasteiger partial charge in [0.1, 0.15) is 0 Å². The number of nitrogens with zero attached hydrogens (tertiary/aromatic N) is 1. The van der Waals surface area contributed by atoms with Gasteiger partial charge >= 0.3 is 0 Å². The Morgan fingerprint density at radius 3 is 2.47 bits per heavy atom. The van der Waals surface area contributed by atoms with Gasteiger partial charge in [-0.2, -0.15) is 0 Å². The highest BCUT2D eigenvalue weighted by Crippen LogP contribution is 2.21. The molecule has 3 nitrogen and oxygen atoms in total. The molecule has 0 radical (unpaired) electrons. The fourth-order valence-corrected chi connectivity index (χ4v) is 2.76. The van der Waals surface area contributed by atoms with Crippen LogP contribution in [0, 0.1) is 0 Å². The van der Waals surface area contributed by atoms with Crippen LogP contribution in [-0.4, -0.2) is 48.5 Å². The maximum Gasteiger partial charge on any atom is 0.0695 e. The molecule has 0 amide bonds. The summed E-state index contributed by atoms with van der Waals surface area (Å²) in [5.74, 6) is 0. The lowest BCUT2D eigenvalue weighted by Crippen LogP contribution is -2.45. The highest BCUT2D eigenvalue weighted by molar-refractivity contribution is 4.80. The Balaban J connectivity index is 2.44. The summed E-state index contributed by atoms with van der Waals surface area (Å²) in [4.78, 5) is 2.39. The minimum absolute atomic E-state index is 0.142. The van der Waals surface area contributed by atoms with Crippen molar-refractivity contribution in [1.82, 2.24) is 4.90 Å². The summed E-state index contributed by atoms with van der Waals surface area (Å²) in [5, 5.41) is 10.2. The second-order valence-corrected chi connectivity index (χ2v) is 4.95. The van der Waals surface area contributed by atoms with E-state index in [1.165, 1.54) is 25.7 Å². The molecule has 0 aromatic carbocycles.